The van der Waals surface area contributed by atoms with Crippen molar-refractivity contribution < 1.29 is 4.39 Å². The number of halogens is 3. The van der Waals surface area contributed by atoms with Crippen LogP contribution in [0.5, 0.6) is 0 Å². The molecule has 4 nitrogen and oxygen atoms in total. The molecule has 1 heterocycles. The zero-order valence-electron chi connectivity index (χ0n) is 12.5. The maximum Gasteiger partial charge on any atom is 0.228 e. The fourth-order valence-corrected chi connectivity index (χ4v) is 1.55. The third kappa shape index (κ3) is 7.78. The van der Waals surface area contributed by atoms with E-state index in [0.717, 1.165) is 5.56 Å². The second kappa shape index (κ2) is 11.2. The van der Waals surface area contributed by atoms with Crippen molar-refractivity contribution in [3.05, 3.63) is 46.2 Å². The van der Waals surface area contributed by atoms with Crippen LogP contribution in [0.3, 0.4) is 0 Å². The summed E-state index contributed by atoms with van der Waals surface area (Å²) < 4.78 is 12.7. The Labute approximate surface area is 134 Å². The molecular formula is C14H19Cl2FN4. The summed E-state index contributed by atoms with van der Waals surface area (Å²) in [5.41, 5.74) is 0.888. The van der Waals surface area contributed by atoms with Crippen molar-refractivity contribution in [2.24, 2.45) is 0 Å². The van der Waals surface area contributed by atoms with Gasteiger partial charge in [0.1, 0.15) is 5.82 Å². The van der Waals surface area contributed by atoms with Crippen molar-refractivity contribution >= 4 is 29.2 Å². The molecule has 0 bridgehead atoms. The second-order valence-electron chi connectivity index (χ2n) is 3.18. The monoisotopic (exact) mass is 332 g/mol. The molecular weight excluding hydrogens is 314 g/mol. The summed E-state index contributed by atoms with van der Waals surface area (Å²) in [7, 11) is 0. The molecule has 0 unspecified atom stereocenters. The van der Waals surface area contributed by atoms with Gasteiger partial charge in [-0.2, -0.15) is 15.0 Å². The van der Waals surface area contributed by atoms with Gasteiger partial charge in [0.15, 0.2) is 0 Å². The highest BCUT2D eigenvalue weighted by atomic mass is 35.5. The topological polar surface area (TPSA) is 50.7 Å². The van der Waals surface area contributed by atoms with E-state index in [9.17, 15) is 4.39 Å². The summed E-state index contributed by atoms with van der Waals surface area (Å²) in [5.74, 6) is -0.000625. The zero-order chi connectivity index (χ0) is 16.3. The Bertz CT molecular complexity index is 501. The molecule has 0 atom stereocenters. The highest BCUT2D eigenvalue weighted by Crippen LogP contribution is 2.11. The van der Waals surface area contributed by atoms with Gasteiger partial charge in [-0.3, -0.25) is 0 Å². The largest absolute Gasteiger partial charge is 0.350 e. The van der Waals surface area contributed by atoms with Crippen LogP contribution in [0.25, 0.3) is 0 Å². The Morgan fingerprint density at radius 3 is 1.86 bits per heavy atom. The van der Waals surface area contributed by atoms with Gasteiger partial charge < -0.3 is 5.32 Å². The molecule has 0 radical (unpaired) electrons. The standard InChI is InChI=1S/C10H7Cl2FN4.2C2H6/c11-8-15-9(12)17-10(16-8)14-5-6-1-3-7(13)4-2-6;2*1-2/h1-4H,5H2,(H,14,15,16,17);2*1-2H3. The first kappa shape index (κ1) is 19.5. The van der Waals surface area contributed by atoms with E-state index in [0.29, 0.717) is 6.54 Å². The minimum atomic E-state index is -0.278. The van der Waals surface area contributed by atoms with Crippen LogP contribution < -0.4 is 5.32 Å². The minimum Gasteiger partial charge on any atom is -0.350 e. The van der Waals surface area contributed by atoms with Crippen molar-refractivity contribution in [1.82, 2.24) is 15.0 Å². The summed E-state index contributed by atoms with van der Waals surface area (Å²) in [6.45, 7) is 8.44. The molecule has 0 spiro atoms. The van der Waals surface area contributed by atoms with Crippen molar-refractivity contribution in [3.63, 3.8) is 0 Å². The first-order valence-electron chi connectivity index (χ1n) is 6.69. The molecule has 2 aromatic rings. The van der Waals surface area contributed by atoms with Gasteiger partial charge >= 0.3 is 0 Å². The molecule has 0 saturated carbocycles. The molecule has 1 aromatic carbocycles. The number of anilines is 1. The predicted octanol–water partition coefficient (Wildman–Crippen LogP) is 4.98. The van der Waals surface area contributed by atoms with Gasteiger partial charge in [-0.1, -0.05) is 39.8 Å². The average Bonchev–Trinajstić information content (AvgIpc) is 2.50. The van der Waals surface area contributed by atoms with Gasteiger partial charge in [0, 0.05) is 6.54 Å². The summed E-state index contributed by atoms with van der Waals surface area (Å²) in [6, 6.07) is 6.08. The van der Waals surface area contributed by atoms with Crippen LogP contribution in [0.4, 0.5) is 10.3 Å². The van der Waals surface area contributed by atoms with Gasteiger partial charge in [0.05, 0.1) is 0 Å². The van der Waals surface area contributed by atoms with Crippen molar-refractivity contribution in [3.8, 4) is 0 Å². The van der Waals surface area contributed by atoms with E-state index < -0.39 is 0 Å². The first-order valence-corrected chi connectivity index (χ1v) is 7.44. The van der Waals surface area contributed by atoms with Crippen LogP contribution in [0.15, 0.2) is 24.3 Å². The van der Waals surface area contributed by atoms with Crippen LogP contribution in [0.1, 0.15) is 33.3 Å². The summed E-state index contributed by atoms with van der Waals surface area (Å²) in [4.78, 5) is 11.3. The second-order valence-corrected chi connectivity index (χ2v) is 3.85. The van der Waals surface area contributed by atoms with Crippen LogP contribution >= 0.6 is 23.2 Å². The zero-order valence-corrected chi connectivity index (χ0v) is 14.0. The molecule has 21 heavy (non-hydrogen) atoms. The lowest BCUT2D eigenvalue weighted by Crippen LogP contribution is -2.04. The molecule has 0 aliphatic rings. The third-order valence-electron chi connectivity index (χ3n) is 1.94. The predicted molar refractivity (Wildman–Crippen MR) is 86.3 cm³/mol. The van der Waals surface area contributed by atoms with E-state index in [4.69, 9.17) is 23.2 Å². The van der Waals surface area contributed by atoms with E-state index in [1.807, 2.05) is 27.7 Å². The van der Waals surface area contributed by atoms with Crippen LogP contribution in [0.2, 0.25) is 10.6 Å². The SMILES string of the molecule is CC.CC.Fc1ccc(CNc2nc(Cl)nc(Cl)n2)cc1. The molecule has 2 rings (SSSR count). The minimum absolute atomic E-state index is 0.0200. The van der Waals surface area contributed by atoms with E-state index >= 15 is 0 Å². The Balaban J connectivity index is 0.000000921. The van der Waals surface area contributed by atoms with Gasteiger partial charge in [-0.15, -0.1) is 0 Å². The van der Waals surface area contributed by atoms with Crippen molar-refractivity contribution in [2.75, 3.05) is 5.32 Å². The maximum absolute atomic E-state index is 12.7. The molecule has 1 N–H and O–H groups in total. The summed E-state index contributed by atoms with van der Waals surface area (Å²) >= 11 is 11.2. The number of benzene rings is 1. The fourth-order valence-electron chi connectivity index (χ4n) is 1.19. The number of aromatic nitrogens is 3. The average molecular weight is 333 g/mol. The maximum atomic E-state index is 12.7. The highest BCUT2D eigenvalue weighted by Gasteiger charge is 2.02. The molecule has 0 aliphatic carbocycles. The Morgan fingerprint density at radius 1 is 0.905 bits per heavy atom. The van der Waals surface area contributed by atoms with Gasteiger partial charge in [-0.25, -0.2) is 4.39 Å². The Kier molecular flexibility index (Phi) is 10.4. The lowest BCUT2D eigenvalue weighted by atomic mass is 10.2. The van der Waals surface area contributed by atoms with E-state index in [-0.39, 0.29) is 22.3 Å². The molecule has 116 valence electrons. The Hall–Kier alpha value is -1.46. The number of nitrogens with one attached hydrogen (secondary N) is 1. The number of hydrogen-bond acceptors (Lipinski definition) is 4. The molecule has 0 fully saturated rings. The van der Waals surface area contributed by atoms with Crippen LogP contribution in [0, 0.1) is 5.82 Å². The third-order valence-corrected chi connectivity index (χ3v) is 2.28. The van der Waals surface area contributed by atoms with E-state index in [2.05, 4.69) is 20.3 Å². The molecule has 7 heteroatoms. The van der Waals surface area contributed by atoms with Gasteiger partial charge in [-0.05, 0) is 40.9 Å². The lowest BCUT2D eigenvalue weighted by molar-refractivity contribution is 0.627. The normalized spacial score (nSPS) is 8.90. The lowest BCUT2D eigenvalue weighted by Gasteiger charge is -2.04. The van der Waals surface area contributed by atoms with E-state index in [1.165, 1.54) is 12.1 Å². The van der Waals surface area contributed by atoms with E-state index in [1.54, 1.807) is 12.1 Å². The number of hydrogen-bond donors (Lipinski definition) is 1. The molecule has 1 aromatic heterocycles. The molecule has 0 aliphatic heterocycles. The molecule has 0 amide bonds. The highest BCUT2D eigenvalue weighted by molar-refractivity contribution is 6.31. The van der Waals surface area contributed by atoms with Crippen molar-refractivity contribution in [2.45, 2.75) is 34.2 Å². The van der Waals surface area contributed by atoms with Crippen molar-refractivity contribution in [1.29, 1.82) is 0 Å². The van der Waals surface area contributed by atoms with Crippen LogP contribution in [-0.4, -0.2) is 15.0 Å². The molecule has 0 saturated heterocycles. The quantitative estimate of drug-likeness (QED) is 0.860. The van der Waals surface area contributed by atoms with Crippen LogP contribution in [-0.2, 0) is 6.54 Å². The summed E-state index contributed by atoms with van der Waals surface area (Å²) in [6.07, 6.45) is 0. The fraction of sp³-hybridized carbons (Fsp3) is 0.357. The Morgan fingerprint density at radius 2 is 1.38 bits per heavy atom. The smallest absolute Gasteiger partial charge is 0.228 e. The van der Waals surface area contributed by atoms with Gasteiger partial charge in [0.2, 0.25) is 16.5 Å². The van der Waals surface area contributed by atoms with Gasteiger partial charge in [0.25, 0.3) is 0 Å². The first-order chi connectivity index (χ1) is 10.1. The number of nitrogens with zero attached hydrogens (tertiary/aromatic N) is 3. The summed E-state index contributed by atoms with van der Waals surface area (Å²) in [5, 5.41) is 2.95. The number of rotatable bonds is 3.